The van der Waals surface area contributed by atoms with Crippen LogP contribution in [0.4, 0.5) is 11.4 Å². The summed E-state index contributed by atoms with van der Waals surface area (Å²) in [5, 5.41) is 9.22. The van der Waals surface area contributed by atoms with Crippen molar-refractivity contribution in [3.63, 3.8) is 0 Å². The van der Waals surface area contributed by atoms with E-state index in [9.17, 15) is 18.0 Å². The molecule has 10 nitrogen and oxygen atoms in total. The first-order chi connectivity index (χ1) is 18.8. The van der Waals surface area contributed by atoms with Gasteiger partial charge in [-0.2, -0.15) is 4.72 Å². The van der Waals surface area contributed by atoms with E-state index >= 15 is 0 Å². The van der Waals surface area contributed by atoms with Crippen molar-refractivity contribution >= 4 is 39.2 Å². The number of esters is 1. The summed E-state index contributed by atoms with van der Waals surface area (Å²) in [5.74, 6) is -0.274. The van der Waals surface area contributed by atoms with Gasteiger partial charge in [0, 0.05) is 30.0 Å². The molecule has 1 aliphatic heterocycles. The summed E-state index contributed by atoms with van der Waals surface area (Å²) in [7, 11) is -3.94. The molecule has 11 heteroatoms. The minimum absolute atomic E-state index is 0.0552. The molecule has 4 N–H and O–H groups in total. The Morgan fingerprint density at radius 1 is 1.00 bits per heavy atom. The molecule has 4 rings (SSSR count). The van der Waals surface area contributed by atoms with Crippen LogP contribution in [-0.2, 0) is 26.0 Å². The number of carbonyl (C=O) groups excluding carboxylic acids is 2. The second-order valence-corrected chi connectivity index (χ2v) is 10.5. The van der Waals surface area contributed by atoms with E-state index in [2.05, 4.69) is 25.7 Å². The summed E-state index contributed by atoms with van der Waals surface area (Å²) in [4.78, 5) is 29.8. The fourth-order valence-electron chi connectivity index (χ4n) is 3.93. The van der Waals surface area contributed by atoms with Gasteiger partial charge in [-0.05, 0) is 67.8 Å². The molecule has 0 saturated heterocycles. The highest BCUT2D eigenvalue weighted by molar-refractivity contribution is 7.89. The second kappa shape index (κ2) is 13.0. The standard InChI is InChI=1S/C28H31N5O5S/c1-2-38-27(35)25(33-39(36,37)24-10-4-3-5-11-24)18-20-12-14-22(15-13-20)31-26(34)21-8-6-9-23(19-21)32-28-29-16-7-17-30-28/h3-6,8-15,19,25,33H,2,7,16-18H2,1H3,(H,31,34)(H2,29,30,32). The van der Waals surface area contributed by atoms with Crippen LogP contribution >= 0.6 is 0 Å². The molecule has 0 fully saturated rings. The molecule has 1 amide bonds. The minimum Gasteiger partial charge on any atom is -0.465 e. The van der Waals surface area contributed by atoms with Crippen molar-refractivity contribution < 1.29 is 22.7 Å². The first-order valence-electron chi connectivity index (χ1n) is 12.6. The molecule has 39 heavy (non-hydrogen) atoms. The van der Waals surface area contributed by atoms with Gasteiger partial charge >= 0.3 is 5.97 Å². The van der Waals surface area contributed by atoms with Gasteiger partial charge in [0.25, 0.3) is 5.91 Å². The smallest absolute Gasteiger partial charge is 0.324 e. The van der Waals surface area contributed by atoms with Crippen LogP contribution in [0.2, 0.25) is 0 Å². The van der Waals surface area contributed by atoms with Gasteiger partial charge in [-0.1, -0.05) is 36.4 Å². The Morgan fingerprint density at radius 2 is 1.77 bits per heavy atom. The van der Waals surface area contributed by atoms with Crippen LogP contribution in [0.25, 0.3) is 0 Å². The van der Waals surface area contributed by atoms with E-state index < -0.39 is 22.0 Å². The number of rotatable bonds is 10. The minimum atomic E-state index is -3.94. The Labute approximate surface area is 227 Å². The highest BCUT2D eigenvalue weighted by atomic mass is 32.2. The zero-order valence-electron chi connectivity index (χ0n) is 21.5. The Balaban J connectivity index is 1.41. The lowest BCUT2D eigenvalue weighted by Crippen LogP contribution is -2.43. The third kappa shape index (κ3) is 7.88. The van der Waals surface area contributed by atoms with Crippen molar-refractivity contribution in [3.05, 3.63) is 90.0 Å². The Morgan fingerprint density at radius 3 is 2.46 bits per heavy atom. The molecule has 0 saturated carbocycles. The van der Waals surface area contributed by atoms with Crippen molar-refractivity contribution in [2.45, 2.75) is 30.7 Å². The number of aliphatic imine (C=N–C) groups is 1. The van der Waals surface area contributed by atoms with Gasteiger partial charge in [0.05, 0.1) is 11.5 Å². The third-order valence-electron chi connectivity index (χ3n) is 5.86. The fourth-order valence-corrected chi connectivity index (χ4v) is 5.13. The molecule has 0 radical (unpaired) electrons. The summed E-state index contributed by atoms with van der Waals surface area (Å²) in [6.45, 7) is 3.38. The number of benzene rings is 3. The second-order valence-electron chi connectivity index (χ2n) is 8.81. The van der Waals surface area contributed by atoms with E-state index in [0.717, 1.165) is 25.2 Å². The molecule has 0 aromatic heterocycles. The normalized spacial score (nSPS) is 13.9. The van der Waals surface area contributed by atoms with E-state index in [1.54, 1.807) is 67.6 Å². The topological polar surface area (TPSA) is 138 Å². The molecule has 3 aromatic carbocycles. The maximum absolute atomic E-state index is 12.9. The lowest BCUT2D eigenvalue weighted by Gasteiger charge is -2.18. The van der Waals surface area contributed by atoms with Crippen LogP contribution in [0, 0.1) is 0 Å². The monoisotopic (exact) mass is 549 g/mol. The Bertz CT molecular complexity index is 1430. The fraction of sp³-hybridized carbons (Fsp3) is 0.250. The first-order valence-corrected chi connectivity index (χ1v) is 14.1. The lowest BCUT2D eigenvalue weighted by molar-refractivity contribution is -0.145. The average molecular weight is 550 g/mol. The van der Waals surface area contributed by atoms with Gasteiger partial charge in [0.2, 0.25) is 10.0 Å². The Hall–Kier alpha value is -4.22. The van der Waals surface area contributed by atoms with Crippen LogP contribution in [0.15, 0.2) is 88.8 Å². The quantitative estimate of drug-likeness (QED) is 0.285. The summed E-state index contributed by atoms with van der Waals surface area (Å²) in [6, 6.07) is 20.7. The molecule has 1 heterocycles. The molecule has 1 atom stereocenters. The molecule has 1 unspecified atom stereocenters. The number of carbonyl (C=O) groups is 2. The van der Waals surface area contributed by atoms with Crippen LogP contribution < -0.4 is 20.7 Å². The van der Waals surface area contributed by atoms with Crippen LogP contribution in [0.1, 0.15) is 29.3 Å². The number of nitrogens with zero attached hydrogens (tertiary/aromatic N) is 1. The van der Waals surface area contributed by atoms with Crippen LogP contribution in [-0.4, -0.2) is 52.0 Å². The number of anilines is 2. The number of amides is 1. The van der Waals surface area contributed by atoms with Crippen molar-refractivity contribution in [1.29, 1.82) is 0 Å². The van der Waals surface area contributed by atoms with Crippen molar-refractivity contribution in [2.24, 2.45) is 4.99 Å². The molecular formula is C28H31N5O5S. The summed E-state index contributed by atoms with van der Waals surface area (Å²) < 4.78 is 33.2. The molecule has 1 aliphatic rings. The summed E-state index contributed by atoms with van der Waals surface area (Å²) >= 11 is 0. The van der Waals surface area contributed by atoms with Crippen molar-refractivity contribution in [3.8, 4) is 0 Å². The van der Waals surface area contributed by atoms with Gasteiger partial charge in [-0.25, -0.2) is 8.42 Å². The zero-order chi connectivity index (χ0) is 27.7. The number of hydrogen-bond donors (Lipinski definition) is 4. The van der Waals surface area contributed by atoms with E-state index in [1.807, 2.05) is 6.07 Å². The van der Waals surface area contributed by atoms with E-state index in [4.69, 9.17) is 4.74 Å². The maximum Gasteiger partial charge on any atom is 0.324 e. The highest BCUT2D eigenvalue weighted by Crippen LogP contribution is 2.17. The average Bonchev–Trinajstić information content (AvgIpc) is 2.95. The van der Waals surface area contributed by atoms with Crippen LogP contribution in [0.5, 0.6) is 0 Å². The maximum atomic E-state index is 12.9. The molecule has 204 valence electrons. The lowest BCUT2D eigenvalue weighted by atomic mass is 10.1. The van der Waals surface area contributed by atoms with Gasteiger partial charge < -0.3 is 20.7 Å². The van der Waals surface area contributed by atoms with Gasteiger partial charge in [0.1, 0.15) is 6.04 Å². The molecular weight excluding hydrogens is 518 g/mol. The molecule has 3 aromatic rings. The predicted octanol–water partition coefficient (Wildman–Crippen LogP) is 3.15. The predicted molar refractivity (Wildman–Crippen MR) is 150 cm³/mol. The largest absolute Gasteiger partial charge is 0.465 e. The molecule has 0 bridgehead atoms. The third-order valence-corrected chi connectivity index (χ3v) is 7.35. The van der Waals surface area contributed by atoms with E-state index in [1.165, 1.54) is 12.1 Å². The van der Waals surface area contributed by atoms with Gasteiger partial charge in [0.15, 0.2) is 5.96 Å². The van der Waals surface area contributed by atoms with E-state index in [-0.39, 0.29) is 23.8 Å². The van der Waals surface area contributed by atoms with E-state index in [0.29, 0.717) is 22.8 Å². The first kappa shape index (κ1) is 27.8. The van der Waals surface area contributed by atoms with Crippen molar-refractivity contribution in [2.75, 3.05) is 30.3 Å². The number of ether oxygens (including phenoxy) is 1. The summed E-state index contributed by atoms with van der Waals surface area (Å²) in [6.07, 6.45) is 1.06. The Kier molecular flexibility index (Phi) is 9.29. The SMILES string of the molecule is CCOC(=O)C(Cc1ccc(NC(=O)c2cccc(NC3=NCCCN3)c2)cc1)NS(=O)(=O)c1ccccc1. The van der Waals surface area contributed by atoms with Crippen LogP contribution in [0.3, 0.4) is 0 Å². The number of guanidine groups is 1. The number of sulfonamides is 1. The number of nitrogens with one attached hydrogen (secondary N) is 4. The molecule has 0 spiro atoms. The van der Waals surface area contributed by atoms with Crippen molar-refractivity contribution in [1.82, 2.24) is 10.0 Å². The highest BCUT2D eigenvalue weighted by Gasteiger charge is 2.27. The van der Waals surface area contributed by atoms with Gasteiger partial charge in [-0.3, -0.25) is 14.6 Å². The summed E-state index contributed by atoms with van der Waals surface area (Å²) in [5.41, 5.74) is 2.46. The zero-order valence-corrected chi connectivity index (χ0v) is 22.3. The molecule has 0 aliphatic carbocycles. The number of hydrogen-bond acceptors (Lipinski definition) is 8. The van der Waals surface area contributed by atoms with Gasteiger partial charge in [-0.15, -0.1) is 0 Å².